The summed E-state index contributed by atoms with van der Waals surface area (Å²) in [4.78, 5) is 29.7. The number of nitrogens with zero attached hydrogens (tertiary/aromatic N) is 2. The molecule has 4 rings (SSSR count). The molecule has 1 aromatic heterocycles. The summed E-state index contributed by atoms with van der Waals surface area (Å²) in [5.74, 6) is 1.02. The molecule has 0 saturated carbocycles. The third kappa shape index (κ3) is 4.59. The number of hydrogen-bond acceptors (Lipinski definition) is 7. The molecule has 3 heterocycles. The zero-order valence-corrected chi connectivity index (χ0v) is 21.8. The van der Waals surface area contributed by atoms with E-state index in [0.29, 0.717) is 54.3 Å². The van der Waals surface area contributed by atoms with Crippen LogP contribution in [0.4, 0.5) is 4.79 Å². The Morgan fingerprint density at radius 1 is 1.30 bits per heavy atom. The van der Waals surface area contributed by atoms with Crippen molar-refractivity contribution < 1.29 is 24.2 Å². The number of fused-ring (bicyclic) bond motifs is 1. The molecule has 1 fully saturated rings. The molecule has 2 aliphatic rings. The second-order valence-electron chi connectivity index (χ2n) is 9.48. The van der Waals surface area contributed by atoms with Crippen LogP contribution >= 0.6 is 30.1 Å². The number of rotatable bonds is 4. The van der Waals surface area contributed by atoms with Crippen LogP contribution in [-0.2, 0) is 10.3 Å². The first-order valence-corrected chi connectivity index (χ1v) is 14.3. The number of carbonyl (C=O) groups excluding carboxylic acids is 2. The molecule has 33 heavy (non-hydrogen) atoms. The average molecular weight is 582 g/mol. The van der Waals surface area contributed by atoms with Gasteiger partial charge in [0.1, 0.15) is 28.8 Å². The maximum absolute atomic E-state index is 12.5. The standard InChI is InChI=1S/C24H27IN2O5S/c1-22(2,3)32-21(29)27-10-8-23(9-11-27)24(30,15-33-25)18-12-19(26-13-20(18)31-23)17-6-4-16(14-28)5-7-17/h4-7,12-14,30H,8-11,15H2,1-3H3. The van der Waals surface area contributed by atoms with E-state index in [1.54, 1.807) is 23.2 Å². The van der Waals surface area contributed by atoms with Gasteiger partial charge in [0.15, 0.2) is 0 Å². The number of hydrogen-bond donors (Lipinski definition) is 1. The molecule has 0 radical (unpaired) electrons. The van der Waals surface area contributed by atoms with Crippen LogP contribution in [0.5, 0.6) is 5.75 Å². The quantitative estimate of drug-likeness (QED) is 0.401. The van der Waals surface area contributed by atoms with Gasteiger partial charge in [-0.3, -0.25) is 9.78 Å². The number of benzene rings is 1. The highest BCUT2D eigenvalue weighted by Crippen LogP contribution is 2.54. The Bertz CT molecular complexity index is 1050. The van der Waals surface area contributed by atoms with E-state index in [0.717, 1.165) is 11.8 Å². The molecule has 7 nitrogen and oxygen atoms in total. The lowest BCUT2D eigenvalue weighted by Gasteiger charge is -2.45. The van der Waals surface area contributed by atoms with Crippen LogP contribution in [0.25, 0.3) is 11.3 Å². The summed E-state index contributed by atoms with van der Waals surface area (Å²) in [6, 6.07) is 9.06. The molecule has 1 amide bonds. The van der Waals surface area contributed by atoms with Crippen molar-refractivity contribution in [2.45, 2.75) is 50.4 Å². The van der Waals surface area contributed by atoms with Gasteiger partial charge in [-0.15, -0.1) is 0 Å². The monoisotopic (exact) mass is 582 g/mol. The number of piperidine rings is 1. The van der Waals surface area contributed by atoms with Gasteiger partial charge < -0.3 is 19.5 Å². The summed E-state index contributed by atoms with van der Waals surface area (Å²) in [5, 5.41) is 12.0. The minimum atomic E-state index is -1.23. The largest absolute Gasteiger partial charge is 0.482 e. The summed E-state index contributed by atoms with van der Waals surface area (Å²) in [7, 11) is 1.53. The van der Waals surface area contributed by atoms with E-state index < -0.39 is 16.8 Å². The predicted molar refractivity (Wildman–Crippen MR) is 136 cm³/mol. The highest BCUT2D eigenvalue weighted by atomic mass is 127. The molecule has 9 heteroatoms. The number of halogens is 1. The minimum absolute atomic E-state index is 0.345. The lowest BCUT2D eigenvalue weighted by molar-refractivity contribution is -0.127. The van der Waals surface area contributed by atoms with E-state index in [2.05, 4.69) is 26.2 Å². The highest BCUT2D eigenvalue weighted by Gasteiger charge is 2.60. The van der Waals surface area contributed by atoms with E-state index in [-0.39, 0.29) is 6.09 Å². The lowest BCUT2D eigenvalue weighted by Crippen LogP contribution is -2.59. The Labute approximate surface area is 209 Å². The maximum Gasteiger partial charge on any atom is 0.410 e. The van der Waals surface area contributed by atoms with Gasteiger partial charge in [0.2, 0.25) is 0 Å². The molecule has 1 spiro atoms. The van der Waals surface area contributed by atoms with Gasteiger partial charge in [-0.05, 0) is 48.0 Å². The Hall–Kier alpha value is -1.85. The highest BCUT2D eigenvalue weighted by molar-refractivity contribution is 14.2. The molecule has 176 valence electrons. The summed E-state index contributed by atoms with van der Waals surface area (Å²) >= 11 is 2.19. The molecule has 1 N–H and O–H groups in total. The molecule has 1 aromatic carbocycles. The molecule has 1 unspecified atom stereocenters. The van der Waals surface area contributed by atoms with Gasteiger partial charge in [-0.2, -0.15) is 0 Å². The number of amides is 1. The van der Waals surface area contributed by atoms with Gasteiger partial charge in [0.25, 0.3) is 0 Å². The number of carbonyl (C=O) groups is 2. The van der Waals surface area contributed by atoms with Crippen LogP contribution in [0.15, 0.2) is 36.5 Å². The fraction of sp³-hybridized carbons (Fsp3) is 0.458. The van der Waals surface area contributed by atoms with E-state index in [9.17, 15) is 14.7 Å². The first-order chi connectivity index (χ1) is 15.6. The molecule has 2 aromatic rings. The summed E-state index contributed by atoms with van der Waals surface area (Å²) < 4.78 is 11.9. The van der Waals surface area contributed by atoms with Crippen LogP contribution in [0.2, 0.25) is 0 Å². The normalized spacial score (nSPS) is 21.4. The lowest BCUT2D eigenvalue weighted by atomic mass is 9.74. The Morgan fingerprint density at radius 3 is 2.55 bits per heavy atom. The van der Waals surface area contributed by atoms with Gasteiger partial charge in [-0.25, -0.2) is 4.79 Å². The van der Waals surface area contributed by atoms with E-state index in [4.69, 9.17) is 9.47 Å². The van der Waals surface area contributed by atoms with Crippen molar-refractivity contribution in [1.29, 1.82) is 0 Å². The first kappa shape index (κ1) is 24.3. The third-order valence-electron chi connectivity index (χ3n) is 6.20. The number of likely N-dealkylation sites (tertiary alicyclic amines) is 1. The second-order valence-corrected chi connectivity index (χ2v) is 11.9. The van der Waals surface area contributed by atoms with Crippen LogP contribution in [-0.4, -0.2) is 57.4 Å². The van der Waals surface area contributed by atoms with Gasteiger partial charge in [0.05, 0.1) is 11.9 Å². The number of aliphatic hydroxyl groups is 1. The van der Waals surface area contributed by atoms with Crippen LogP contribution in [0.1, 0.15) is 49.5 Å². The average Bonchev–Trinajstić information content (AvgIpc) is 3.00. The molecule has 0 aliphatic carbocycles. The van der Waals surface area contributed by atoms with Crippen molar-refractivity contribution in [2.75, 3.05) is 18.8 Å². The number of aldehydes is 1. The van der Waals surface area contributed by atoms with E-state index in [1.807, 2.05) is 39.0 Å². The molecular formula is C24H27IN2O5S. The number of ether oxygens (including phenoxy) is 2. The molecule has 1 atom stereocenters. The third-order valence-corrected chi connectivity index (χ3v) is 7.66. The SMILES string of the molecule is CC(C)(C)OC(=O)N1CCC2(CC1)Oc1cnc(-c3ccc(C=O)cc3)cc1C2(O)CSI. The maximum atomic E-state index is 12.5. The van der Waals surface area contributed by atoms with Crippen LogP contribution in [0.3, 0.4) is 0 Å². The van der Waals surface area contributed by atoms with Crippen LogP contribution in [0, 0.1) is 0 Å². The van der Waals surface area contributed by atoms with Gasteiger partial charge in [-0.1, -0.05) is 33.2 Å². The summed E-state index contributed by atoms with van der Waals surface area (Å²) in [5.41, 5.74) is 0.237. The Morgan fingerprint density at radius 2 is 1.97 bits per heavy atom. The molecule has 2 aliphatic heterocycles. The zero-order valence-electron chi connectivity index (χ0n) is 18.8. The predicted octanol–water partition coefficient (Wildman–Crippen LogP) is 4.99. The summed E-state index contributed by atoms with van der Waals surface area (Å²) in [6.45, 7) is 6.41. The second kappa shape index (κ2) is 9.07. The van der Waals surface area contributed by atoms with Crippen molar-refractivity contribution >= 4 is 42.5 Å². The van der Waals surface area contributed by atoms with Gasteiger partial charge >= 0.3 is 6.09 Å². The molecule has 1 saturated heterocycles. The van der Waals surface area contributed by atoms with Crippen molar-refractivity contribution in [1.82, 2.24) is 9.88 Å². The van der Waals surface area contributed by atoms with Crippen molar-refractivity contribution in [3.8, 4) is 17.0 Å². The first-order valence-electron chi connectivity index (χ1n) is 10.8. The smallest absolute Gasteiger partial charge is 0.410 e. The van der Waals surface area contributed by atoms with Crippen LogP contribution < -0.4 is 4.74 Å². The zero-order chi connectivity index (χ0) is 23.9. The fourth-order valence-corrected chi connectivity index (χ4v) is 6.39. The molecular weight excluding hydrogens is 555 g/mol. The van der Waals surface area contributed by atoms with Gasteiger partial charge in [0, 0.05) is 48.4 Å². The number of aromatic nitrogens is 1. The molecule has 0 bridgehead atoms. The summed E-state index contributed by atoms with van der Waals surface area (Å²) in [6.07, 6.45) is 3.09. The topological polar surface area (TPSA) is 89.0 Å². The minimum Gasteiger partial charge on any atom is -0.482 e. The Kier molecular flexibility index (Phi) is 6.67. The van der Waals surface area contributed by atoms with Crippen molar-refractivity contribution in [3.05, 3.63) is 47.7 Å². The fourth-order valence-electron chi connectivity index (χ4n) is 4.46. The Balaban J connectivity index is 1.61. The van der Waals surface area contributed by atoms with E-state index >= 15 is 0 Å². The number of pyridine rings is 1. The van der Waals surface area contributed by atoms with Crippen molar-refractivity contribution in [3.63, 3.8) is 0 Å². The van der Waals surface area contributed by atoms with E-state index in [1.165, 1.54) is 8.93 Å². The van der Waals surface area contributed by atoms with Crippen molar-refractivity contribution in [2.24, 2.45) is 0 Å².